The Balaban J connectivity index is 1.96. The predicted molar refractivity (Wildman–Crippen MR) is 118 cm³/mol. The number of aromatic amines is 1. The number of fused-ring (bicyclic) bond motifs is 2. The highest BCUT2D eigenvalue weighted by molar-refractivity contribution is 5.94. The molecule has 0 aliphatic carbocycles. The minimum atomic E-state index is -0.132. The highest BCUT2D eigenvalue weighted by Crippen LogP contribution is 2.36. The molecule has 154 valence electrons. The number of methoxy groups -OCH3 is 3. The Kier molecular flexibility index (Phi) is 5.31. The number of pyridine rings is 2. The van der Waals surface area contributed by atoms with Crippen LogP contribution in [0.25, 0.3) is 21.7 Å². The Morgan fingerprint density at radius 1 is 0.933 bits per heavy atom. The van der Waals surface area contributed by atoms with Crippen LogP contribution >= 0.6 is 0 Å². The molecular weight excluding hydrogens is 380 g/mol. The SMILES string of the molecule is CCc1cccc2c(OC)nc(OC)c(Cc3cc4cc(OC)ccc4[nH]c3=O)c12. The molecule has 4 aromatic rings. The summed E-state index contributed by atoms with van der Waals surface area (Å²) in [6, 6.07) is 13.6. The summed E-state index contributed by atoms with van der Waals surface area (Å²) in [6.07, 6.45) is 1.22. The molecule has 0 saturated heterocycles. The maximum atomic E-state index is 12.8. The fourth-order valence-electron chi connectivity index (χ4n) is 3.92. The lowest BCUT2D eigenvalue weighted by atomic mass is 9.95. The molecule has 2 aromatic heterocycles. The molecule has 0 aliphatic heterocycles. The molecule has 0 radical (unpaired) electrons. The predicted octanol–water partition coefficient (Wildman–Crippen LogP) is 4.26. The van der Waals surface area contributed by atoms with Gasteiger partial charge < -0.3 is 19.2 Å². The lowest BCUT2D eigenvalue weighted by Crippen LogP contribution is -2.14. The summed E-state index contributed by atoms with van der Waals surface area (Å²) in [7, 11) is 4.81. The van der Waals surface area contributed by atoms with Crippen LogP contribution in [0.1, 0.15) is 23.6 Å². The first kappa shape index (κ1) is 19.8. The molecule has 0 spiro atoms. The van der Waals surface area contributed by atoms with Gasteiger partial charge in [0.15, 0.2) is 0 Å². The maximum Gasteiger partial charge on any atom is 0.251 e. The summed E-state index contributed by atoms with van der Waals surface area (Å²) in [6.45, 7) is 2.10. The number of rotatable bonds is 6. The molecule has 6 heteroatoms. The van der Waals surface area contributed by atoms with Crippen LogP contribution in [0.2, 0.25) is 0 Å². The maximum absolute atomic E-state index is 12.8. The van der Waals surface area contributed by atoms with Crippen molar-refractivity contribution < 1.29 is 14.2 Å². The molecule has 30 heavy (non-hydrogen) atoms. The van der Waals surface area contributed by atoms with Crippen molar-refractivity contribution in [3.05, 3.63) is 69.5 Å². The van der Waals surface area contributed by atoms with Crippen molar-refractivity contribution in [1.82, 2.24) is 9.97 Å². The Bertz CT molecular complexity index is 1290. The number of hydrogen-bond donors (Lipinski definition) is 1. The van der Waals surface area contributed by atoms with Crippen molar-refractivity contribution in [2.45, 2.75) is 19.8 Å². The van der Waals surface area contributed by atoms with Crippen LogP contribution in [0.15, 0.2) is 47.3 Å². The van der Waals surface area contributed by atoms with Gasteiger partial charge in [-0.05, 0) is 47.7 Å². The number of benzene rings is 2. The first-order valence-electron chi connectivity index (χ1n) is 9.82. The monoisotopic (exact) mass is 404 g/mol. The van der Waals surface area contributed by atoms with Crippen LogP contribution < -0.4 is 19.8 Å². The van der Waals surface area contributed by atoms with Crippen molar-refractivity contribution in [2.24, 2.45) is 0 Å². The van der Waals surface area contributed by atoms with Crippen molar-refractivity contribution in [2.75, 3.05) is 21.3 Å². The van der Waals surface area contributed by atoms with Crippen molar-refractivity contribution in [3.8, 4) is 17.5 Å². The lowest BCUT2D eigenvalue weighted by molar-refractivity contribution is 0.366. The van der Waals surface area contributed by atoms with E-state index in [2.05, 4.69) is 23.0 Å². The molecule has 2 aromatic carbocycles. The third kappa shape index (κ3) is 3.34. The van der Waals surface area contributed by atoms with Crippen LogP contribution in [0, 0.1) is 0 Å². The second kappa shape index (κ2) is 8.06. The minimum Gasteiger partial charge on any atom is -0.497 e. The summed E-state index contributed by atoms with van der Waals surface area (Å²) in [5.74, 6) is 1.71. The van der Waals surface area contributed by atoms with Crippen LogP contribution in [0.5, 0.6) is 17.5 Å². The zero-order valence-electron chi connectivity index (χ0n) is 17.5. The van der Waals surface area contributed by atoms with Crippen molar-refractivity contribution in [3.63, 3.8) is 0 Å². The summed E-state index contributed by atoms with van der Waals surface area (Å²) >= 11 is 0. The van der Waals surface area contributed by atoms with E-state index in [4.69, 9.17) is 14.2 Å². The van der Waals surface area contributed by atoms with Gasteiger partial charge in [0.05, 0.1) is 21.3 Å². The van der Waals surface area contributed by atoms with E-state index in [1.54, 1.807) is 21.3 Å². The van der Waals surface area contributed by atoms with Crippen molar-refractivity contribution >= 4 is 21.7 Å². The van der Waals surface area contributed by atoms with E-state index in [0.29, 0.717) is 23.7 Å². The largest absolute Gasteiger partial charge is 0.497 e. The normalized spacial score (nSPS) is 11.1. The molecule has 0 amide bonds. The Labute approximate surface area is 174 Å². The van der Waals surface area contributed by atoms with E-state index in [0.717, 1.165) is 45.0 Å². The zero-order chi connectivity index (χ0) is 21.3. The number of aryl methyl sites for hydroxylation is 1. The number of aromatic nitrogens is 2. The van der Waals surface area contributed by atoms with Crippen molar-refractivity contribution in [1.29, 1.82) is 0 Å². The molecule has 0 saturated carbocycles. The molecule has 0 unspecified atom stereocenters. The average molecular weight is 404 g/mol. The highest BCUT2D eigenvalue weighted by Gasteiger charge is 2.19. The van der Waals surface area contributed by atoms with Gasteiger partial charge in [0, 0.05) is 33.8 Å². The second-order valence-electron chi connectivity index (χ2n) is 7.06. The summed E-state index contributed by atoms with van der Waals surface area (Å²) in [5.41, 5.74) is 3.29. The fraction of sp³-hybridized carbons (Fsp3) is 0.250. The summed E-state index contributed by atoms with van der Waals surface area (Å²) in [4.78, 5) is 20.4. The Morgan fingerprint density at radius 3 is 2.43 bits per heavy atom. The van der Waals surface area contributed by atoms with E-state index < -0.39 is 0 Å². The number of hydrogen-bond acceptors (Lipinski definition) is 5. The Hall–Kier alpha value is -3.54. The molecule has 1 N–H and O–H groups in total. The van der Waals surface area contributed by atoms with Gasteiger partial charge in [0.1, 0.15) is 5.75 Å². The van der Waals surface area contributed by atoms with E-state index >= 15 is 0 Å². The topological polar surface area (TPSA) is 73.4 Å². The average Bonchev–Trinajstić information content (AvgIpc) is 2.78. The number of ether oxygens (including phenoxy) is 3. The van der Waals surface area contributed by atoms with Gasteiger partial charge in [-0.1, -0.05) is 19.1 Å². The quantitative estimate of drug-likeness (QED) is 0.520. The van der Waals surface area contributed by atoms with E-state index in [1.165, 1.54) is 0 Å². The summed E-state index contributed by atoms with van der Waals surface area (Å²) in [5, 5.41) is 2.84. The van der Waals surface area contributed by atoms with Crippen LogP contribution in [0.3, 0.4) is 0 Å². The zero-order valence-corrected chi connectivity index (χ0v) is 17.5. The smallest absolute Gasteiger partial charge is 0.251 e. The van der Waals surface area contributed by atoms with E-state index in [-0.39, 0.29) is 5.56 Å². The van der Waals surface area contributed by atoms with E-state index in [1.807, 2.05) is 36.4 Å². The standard InChI is InChI=1S/C24H24N2O4/c1-5-14-7-6-8-18-21(14)19(24(30-4)26-23(18)29-3)13-16-11-15-12-17(28-2)9-10-20(15)25-22(16)27/h6-12H,5,13H2,1-4H3,(H,25,27). The van der Waals surface area contributed by atoms with Gasteiger partial charge in [0.2, 0.25) is 11.8 Å². The first-order chi connectivity index (χ1) is 14.6. The fourth-order valence-corrected chi connectivity index (χ4v) is 3.92. The van der Waals surface area contributed by atoms with Gasteiger partial charge >= 0.3 is 0 Å². The highest BCUT2D eigenvalue weighted by atomic mass is 16.5. The van der Waals surface area contributed by atoms with Crippen LogP contribution in [-0.2, 0) is 12.8 Å². The second-order valence-corrected chi connectivity index (χ2v) is 7.06. The van der Waals surface area contributed by atoms with Gasteiger partial charge in [-0.3, -0.25) is 4.79 Å². The lowest BCUT2D eigenvalue weighted by Gasteiger charge is -2.16. The number of nitrogens with one attached hydrogen (secondary N) is 1. The molecule has 2 heterocycles. The molecule has 0 fully saturated rings. The molecule has 4 rings (SSSR count). The van der Waals surface area contributed by atoms with Gasteiger partial charge in [-0.25, -0.2) is 0 Å². The third-order valence-corrected chi connectivity index (χ3v) is 5.41. The molecular formula is C24H24N2O4. The van der Waals surface area contributed by atoms with Crippen LogP contribution in [-0.4, -0.2) is 31.3 Å². The molecule has 0 bridgehead atoms. The number of H-pyrrole nitrogens is 1. The number of nitrogens with zero attached hydrogens (tertiary/aromatic N) is 1. The van der Waals surface area contributed by atoms with Gasteiger partial charge in [0.25, 0.3) is 5.56 Å². The summed E-state index contributed by atoms with van der Waals surface area (Å²) < 4.78 is 16.4. The minimum absolute atomic E-state index is 0.132. The molecule has 6 nitrogen and oxygen atoms in total. The first-order valence-corrected chi connectivity index (χ1v) is 9.82. The van der Waals surface area contributed by atoms with Gasteiger partial charge in [-0.15, -0.1) is 0 Å². The Morgan fingerprint density at radius 2 is 1.73 bits per heavy atom. The van der Waals surface area contributed by atoms with Gasteiger partial charge in [-0.2, -0.15) is 4.98 Å². The molecule has 0 atom stereocenters. The third-order valence-electron chi connectivity index (χ3n) is 5.41. The van der Waals surface area contributed by atoms with Crippen LogP contribution in [0.4, 0.5) is 0 Å². The van der Waals surface area contributed by atoms with E-state index in [9.17, 15) is 4.79 Å². The molecule has 0 aliphatic rings.